The number of ether oxygens (including phenoxy) is 2. The smallest absolute Gasteiger partial charge is 0.169 e. The second-order valence-electron chi connectivity index (χ2n) is 6.97. The Bertz CT molecular complexity index is 1180. The summed E-state index contributed by atoms with van der Waals surface area (Å²) >= 11 is 0. The fraction of sp³-hybridized carbons (Fsp3) is 0.286. The molecule has 2 aliphatic heterocycles. The summed E-state index contributed by atoms with van der Waals surface area (Å²) in [5, 5.41) is 21.3. The van der Waals surface area contributed by atoms with Gasteiger partial charge >= 0.3 is 0 Å². The van der Waals surface area contributed by atoms with Gasteiger partial charge in [0.05, 0.1) is 25.4 Å². The van der Waals surface area contributed by atoms with Gasteiger partial charge in [0, 0.05) is 29.7 Å². The molecule has 2 aromatic heterocycles. The molecule has 0 saturated heterocycles. The van der Waals surface area contributed by atoms with Crippen LogP contribution in [0.15, 0.2) is 30.6 Å². The van der Waals surface area contributed by atoms with Gasteiger partial charge in [-0.05, 0) is 30.2 Å². The van der Waals surface area contributed by atoms with E-state index in [1.165, 1.54) is 6.07 Å². The molecule has 3 aromatic rings. The maximum absolute atomic E-state index is 14.5. The summed E-state index contributed by atoms with van der Waals surface area (Å²) in [6, 6.07) is 7.14. The highest BCUT2D eigenvalue weighted by Crippen LogP contribution is 2.32. The molecule has 1 N–H and O–H groups in total. The maximum Gasteiger partial charge on any atom is 0.169 e. The van der Waals surface area contributed by atoms with Crippen LogP contribution in [0.1, 0.15) is 28.7 Å². The van der Waals surface area contributed by atoms with Crippen LogP contribution in [0.25, 0.3) is 11.2 Å². The van der Waals surface area contributed by atoms with E-state index in [2.05, 4.69) is 21.6 Å². The molecule has 29 heavy (non-hydrogen) atoms. The number of pyridine rings is 1. The summed E-state index contributed by atoms with van der Waals surface area (Å²) in [5.41, 5.74) is 4.49. The van der Waals surface area contributed by atoms with Crippen LogP contribution in [-0.2, 0) is 17.7 Å². The summed E-state index contributed by atoms with van der Waals surface area (Å²) in [4.78, 5) is 0. The average molecular weight is 391 g/mol. The van der Waals surface area contributed by atoms with Crippen LogP contribution in [0.2, 0.25) is 0 Å². The molecule has 0 fully saturated rings. The van der Waals surface area contributed by atoms with E-state index >= 15 is 0 Å². The van der Waals surface area contributed by atoms with Gasteiger partial charge in [-0.1, -0.05) is 6.08 Å². The Kier molecular flexibility index (Phi) is 4.37. The number of benzene rings is 1. The van der Waals surface area contributed by atoms with Gasteiger partial charge in [-0.3, -0.25) is 4.40 Å². The molecule has 2 aliphatic rings. The SMILES string of the molecule is N#Cc1cc(C2=CCOCC2)c2nncn2c1NCc1c(F)ccc2c1CCO2. The fourth-order valence-corrected chi connectivity index (χ4v) is 3.94. The van der Waals surface area contributed by atoms with Crippen molar-refractivity contribution in [2.24, 2.45) is 0 Å². The predicted octanol–water partition coefficient (Wildman–Crippen LogP) is 3.09. The third-order valence-corrected chi connectivity index (χ3v) is 5.38. The van der Waals surface area contributed by atoms with E-state index < -0.39 is 0 Å². The number of fused-ring (bicyclic) bond motifs is 2. The van der Waals surface area contributed by atoms with E-state index in [-0.39, 0.29) is 12.4 Å². The van der Waals surface area contributed by atoms with E-state index in [1.54, 1.807) is 16.8 Å². The van der Waals surface area contributed by atoms with Gasteiger partial charge in [-0.15, -0.1) is 10.2 Å². The van der Waals surface area contributed by atoms with Crippen LogP contribution >= 0.6 is 0 Å². The second kappa shape index (κ2) is 7.18. The van der Waals surface area contributed by atoms with Crippen molar-refractivity contribution >= 4 is 17.0 Å². The maximum atomic E-state index is 14.5. The van der Waals surface area contributed by atoms with Crippen LogP contribution in [0.5, 0.6) is 5.75 Å². The van der Waals surface area contributed by atoms with Crippen LogP contribution in [0.3, 0.4) is 0 Å². The lowest BCUT2D eigenvalue weighted by atomic mass is 10.0. The number of hydrogen-bond acceptors (Lipinski definition) is 6. The molecule has 146 valence electrons. The number of halogens is 1. The first-order chi connectivity index (χ1) is 14.3. The largest absolute Gasteiger partial charge is 0.493 e. The van der Waals surface area contributed by atoms with Crippen LogP contribution in [0, 0.1) is 17.1 Å². The third kappa shape index (κ3) is 3.00. The minimum atomic E-state index is -0.288. The number of nitriles is 1. The van der Waals surface area contributed by atoms with E-state index in [9.17, 15) is 9.65 Å². The monoisotopic (exact) mass is 391 g/mol. The molecule has 0 amide bonds. The van der Waals surface area contributed by atoms with Gasteiger partial charge in [-0.25, -0.2) is 4.39 Å². The van der Waals surface area contributed by atoms with Crippen molar-refractivity contribution in [3.63, 3.8) is 0 Å². The summed E-state index contributed by atoms with van der Waals surface area (Å²) < 4.78 is 27.2. The Balaban J connectivity index is 1.55. The number of nitrogens with one attached hydrogen (secondary N) is 1. The van der Waals surface area contributed by atoms with Crippen molar-refractivity contribution in [3.05, 3.63) is 58.7 Å². The molecule has 1 aromatic carbocycles. The lowest BCUT2D eigenvalue weighted by molar-refractivity contribution is 0.161. The van der Waals surface area contributed by atoms with Crippen LogP contribution in [-0.4, -0.2) is 34.4 Å². The van der Waals surface area contributed by atoms with Gasteiger partial charge in [0.1, 0.15) is 29.8 Å². The Morgan fingerprint density at radius 1 is 1.28 bits per heavy atom. The highest BCUT2D eigenvalue weighted by Gasteiger charge is 2.21. The molecule has 8 heteroatoms. The average Bonchev–Trinajstić information content (AvgIpc) is 3.43. The highest BCUT2D eigenvalue weighted by atomic mass is 19.1. The molecular weight excluding hydrogens is 373 g/mol. The van der Waals surface area contributed by atoms with Gasteiger partial charge in [0.15, 0.2) is 5.65 Å². The Morgan fingerprint density at radius 2 is 2.21 bits per heavy atom. The Morgan fingerprint density at radius 3 is 3.03 bits per heavy atom. The summed E-state index contributed by atoms with van der Waals surface area (Å²) in [5.74, 6) is 0.976. The number of nitrogens with zero attached hydrogens (tertiary/aromatic N) is 4. The zero-order chi connectivity index (χ0) is 19.8. The normalized spacial score (nSPS) is 15.5. The van der Waals surface area contributed by atoms with Gasteiger partial charge in [0.2, 0.25) is 0 Å². The minimum absolute atomic E-state index is 0.232. The summed E-state index contributed by atoms with van der Waals surface area (Å²) in [7, 11) is 0. The Hall–Kier alpha value is -3.44. The number of rotatable bonds is 4. The van der Waals surface area contributed by atoms with E-state index in [0.717, 1.165) is 28.9 Å². The molecule has 0 bridgehead atoms. The predicted molar refractivity (Wildman–Crippen MR) is 104 cm³/mol. The van der Waals surface area contributed by atoms with Crippen molar-refractivity contribution in [3.8, 4) is 11.8 Å². The van der Waals surface area contributed by atoms with Crippen molar-refractivity contribution in [2.45, 2.75) is 19.4 Å². The molecule has 0 aliphatic carbocycles. The quantitative estimate of drug-likeness (QED) is 0.736. The van der Waals surface area contributed by atoms with Crippen molar-refractivity contribution in [1.82, 2.24) is 14.6 Å². The zero-order valence-corrected chi connectivity index (χ0v) is 15.6. The number of anilines is 1. The fourth-order valence-electron chi connectivity index (χ4n) is 3.94. The number of hydrogen-bond donors (Lipinski definition) is 1. The van der Waals surface area contributed by atoms with Crippen LogP contribution in [0.4, 0.5) is 10.2 Å². The molecule has 7 nitrogen and oxygen atoms in total. The van der Waals surface area contributed by atoms with Gasteiger partial charge in [-0.2, -0.15) is 5.26 Å². The zero-order valence-electron chi connectivity index (χ0n) is 15.6. The van der Waals surface area contributed by atoms with Crippen molar-refractivity contribution in [2.75, 3.05) is 25.1 Å². The third-order valence-electron chi connectivity index (χ3n) is 5.38. The second-order valence-corrected chi connectivity index (χ2v) is 6.97. The lowest BCUT2D eigenvalue weighted by Crippen LogP contribution is -2.11. The molecular formula is C21H18FN5O2. The first-order valence-electron chi connectivity index (χ1n) is 9.47. The van der Waals surface area contributed by atoms with Gasteiger partial charge < -0.3 is 14.8 Å². The topological polar surface area (TPSA) is 84.5 Å². The standard InChI is InChI=1S/C21H18FN5O2/c22-18-1-2-19-15(5-8-29-19)17(18)11-24-20-14(10-23)9-16(13-3-6-28-7-4-13)21-26-25-12-27(20)21/h1-3,9,12,24H,4-8,11H2. The molecule has 0 unspecified atom stereocenters. The van der Waals surface area contributed by atoms with Crippen molar-refractivity contribution < 1.29 is 13.9 Å². The molecule has 5 rings (SSSR count). The highest BCUT2D eigenvalue weighted by molar-refractivity contribution is 5.80. The van der Waals surface area contributed by atoms with Crippen LogP contribution < -0.4 is 10.1 Å². The first-order valence-corrected chi connectivity index (χ1v) is 9.47. The molecule has 0 radical (unpaired) electrons. The lowest BCUT2D eigenvalue weighted by Gasteiger charge is -2.17. The number of aromatic nitrogens is 3. The van der Waals surface area contributed by atoms with Crippen molar-refractivity contribution in [1.29, 1.82) is 5.26 Å². The Labute approximate surface area is 166 Å². The first kappa shape index (κ1) is 17.6. The molecule has 0 saturated carbocycles. The van der Waals surface area contributed by atoms with E-state index in [0.29, 0.717) is 48.8 Å². The van der Waals surface area contributed by atoms with E-state index in [1.807, 2.05) is 12.1 Å². The minimum Gasteiger partial charge on any atom is -0.493 e. The molecule has 0 atom stereocenters. The molecule has 0 spiro atoms. The summed E-state index contributed by atoms with van der Waals surface area (Å²) in [6.07, 6.45) is 5.00. The summed E-state index contributed by atoms with van der Waals surface area (Å²) in [6.45, 7) is 1.96. The van der Waals surface area contributed by atoms with E-state index in [4.69, 9.17) is 9.47 Å². The van der Waals surface area contributed by atoms with Gasteiger partial charge in [0.25, 0.3) is 0 Å². The molecule has 4 heterocycles.